The van der Waals surface area contributed by atoms with Crippen molar-refractivity contribution < 1.29 is 18.8 Å². The number of methoxy groups -OCH3 is 1. The highest BCUT2D eigenvalue weighted by atomic mass is 35.5. The molecule has 0 unspecified atom stereocenters. The van der Waals surface area contributed by atoms with Crippen LogP contribution in [0, 0.1) is 5.82 Å². The average Bonchev–Trinajstić information content (AvgIpc) is 2.71. The smallest absolute Gasteiger partial charge is 0.286 e. The number of hydrogen-bond acceptors (Lipinski definition) is 4. The molecule has 0 radical (unpaired) electrons. The van der Waals surface area contributed by atoms with E-state index in [4.69, 9.17) is 21.2 Å². The van der Waals surface area contributed by atoms with E-state index in [2.05, 4.69) is 5.48 Å². The highest BCUT2D eigenvalue weighted by Crippen LogP contribution is 2.35. The quantitative estimate of drug-likeness (QED) is 0.682. The topological polar surface area (TPSA) is 47.6 Å². The van der Waals surface area contributed by atoms with Gasteiger partial charge in [0.15, 0.2) is 0 Å². The maximum Gasteiger partial charge on any atom is 0.286 e. The van der Waals surface area contributed by atoms with Crippen LogP contribution in [0.5, 0.6) is 0 Å². The van der Waals surface area contributed by atoms with Gasteiger partial charge in [-0.3, -0.25) is 9.63 Å². The summed E-state index contributed by atoms with van der Waals surface area (Å²) in [5.74, 6) is -0.823. The number of fused-ring (bicyclic) bond motifs is 1. The van der Waals surface area contributed by atoms with Gasteiger partial charge in [-0.15, -0.1) is 11.3 Å². The van der Waals surface area contributed by atoms with Crippen molar-refractivity contribution in [2.24, 2.45) is 0 Å². The van der Waals surface area contributed by atoms with Crippen LogP contribution in [0.4, 0.5) is 4.39 Å². The molecule has 0 saturated carbocycles. The molecule has 1 aromatic heterocycles. The summed E-state index contributed by atoms with van der Waals surface area (Å²) in [5, 5.41) is 0.947. The summed E-state index contributed by atoms with van der Waals surface area (Å²) in [6.07, 6.45) is 0. The number of amides is 1. The first-order valence-electron chi connectivity index (χ1n) is 5.42. The van der Waals surface area contributed by atoms with Crippen molar-refractivity contribution in [3.05, 3.63) is 33.9 Å². The van der Waals surface area contributed by atoms with E-state index in [-0.39, 0.29) is 12.4 Å². The first-order chi connectivity index (χ1) is 9.13. The molecule has 2 aromatic rings. The van der Waals surface area contributed by atoms with Gasteiger partial charge in [0, 0.05) is 17.2 Å². The minimum Gasteiger partial charge on any atom is -0.382 e. The zero-order valence-electron chi connectivity index (χ0n) is 10.0. The Balaban J connectivity index is 2.15. The molecular formula is C12H11ClFNO3S. The van der Waals surface area contributed by atoms with Crippen molar-refractivity contribution in [1.29, 1.82) is 0 Å². The number of ether oxygens (including phenoxy) is 1. The number of hydrogen-bond donors (Lipinski definition) is 1. The van der Waals surface area contributed by atoms with Crippen LogP contribution in [0.3, 0.4) is 0 Å². The standard InChI is InChI=1S/C12H11ClFNO3S/c1-17-4-5-18-15-12(16)11-10(13)8-3-2-7(14)6-9(8)19-11/h2-3,6H,4-5H2,1H3,(H,15,16). The van der Waals surface area contributed by atoms with Crippen molar-refractivity contribution >= 4 is 38.9 Å². The number of carbonyl (C=O) groups is 1. The molecule has 2 rings (SSSR count). The van der Waals surface area contributed by atoms with Crippen LogP contribution in [-0.4, -0.2) is 26.2 Å². The average molecular weight is 304 g/mol. The Morgan fingerprint density at radius 2 is 2.26 bits per heavy atom. The van der Waals surface area contributed by atoms with Crippen molar-refractivity contribution in [2.75, 3.05) is 20.3 Å². The molecule has 0 aliphatic heterocycles. The third-order valence-corrected chi connectivity index (χ3v) is 4.01. The van der Waals surface area contributed by atoms with Gasteiger partial charge < -0.3 is 4.74 Å². The molecule has 0 saturated heterocycles. The molecule has 1 amide bonds. The highest BCUT2D eigenvalue weighted by Gasteiger charge is 2.17. The molecule has 0 bridgehead atoms. The molecule has 0 atom stereocenters. The number of halogens is 2. The maximum atomic E-state index is 13.1. The molecule has 0 aliphatic rings. The lowest BCUT2D eigenvalue weighted by atomic mass is 10.2. The molecule has 4 nitrogen and oxygen atoms in total. The third-order valence-electron chi connectivity index (χ3n) is 2.35. The number of hydroxylamine groups is 1. The second-order valence-electron chi connectivity index (χ2n) is 3.66. The predicted octanol–water partition coefficient (Wildman–Crippen LogP) is 3.00. The Kier molecular flexibility index (Phi) is 4.71. The second-order valence-corrected chi connectivity index (χ2v) is 5.09. The van der Waals surface area contributed by atoms with Gasteiger partial charge in [-0.05, 0) is 18.2 Å². The Bertz CT molecular complexity index is 602. The Morgan fingerprint density at radius 3 is 3.00 bits per heavy atom. The molecular weight excluding hydrogens is 293 g/mol. The highest BCUT2D eigenvalue weighted by molar-refractivity contribution is 7.21. The Morgan fingerprint density at radius 1 is 1.47 bits per heavy atom. The number of carbonyl (C=O) groups excluding carboxylic acids is 1. The minimum absolute atomic E-state index is 0.235. The Hall–Kier alpha value is -1.21. The van der Waals surface area contributed by atoms with Gasteiger partial charge in [0.1, 0.15) is 10.7 Å². The van der Waals surface area contributed by atoms with E-state index in [9.17, 15) is 9.18 Å². The first-order valence-corrected chi connectivity index (χ1v) is 6.61. The van der Waals surface area contributed by atoms with Gasteiger partial charge in [0.05, 0.1) is 18.2 Å². The van der Waals surface area contributed by atoms with Gasteiger partial charge in [-0.1, -0.05) is 11.6 Å². The van der Waals surface area contributed by atoms with Crippen LogP contribution in [0.15, 0.2) is 18.2 Å². The summed E-state index contributed by atoms with van der Waals surface area (Å²) in [6, 6.07) is 4.19. The lowest BCUT2D eigenvalue weighted by molar-refractivity contribution is 0.00916. The molecule has 0 fully saturated rings. The van der Waals surface area contributed by atoms with Gasteiger partial charge in [-0.2, -0.15) is 0 Å². The van der Waals surface area contributed by atoms with Gasteiger partial charge in [0.2, 0.25) is 0 Å². The fourth-order valence-electron chi connectivity index (χ4n) is 1.47. The summed E-state index contributed by atoms with van der Waals surface area (Å²) in [7, 11) is 1.53. The molecule has 0 aliphatic carbocycles. The van der Waals surface area contributed by atoms with E-state index < -0.39 is 5.91 Å². The van der Waals surface area contributed by atoms with E-state index in [1.165, 1.54) is 19.2 Å². The summed E-state index contributed by atoms with van der Waals surface area (Å²) in [5.41, 5.74) is 2.26. The van der Waals surface area contributed by atoms with E-state index in [1.807, 2.05) is 0 Å². The van der Waals surface area contributed by atoms with Gasteiger partial charge in [-0.25, -0.2) is 9.87 Å². The van der Waals surface area contributed by atoms with Gasteiger partial charge in [0.25, 0.3) is 5.91 Å². The van der Waals surface area contributed by atoms with Crippen molar-refractivity contribution in [3.63, 3.8) is 0 Å². The number of nitrogens with one attached hydrogen (secondary N) is 1. The zero-order chi connectivity index (χ0) is 13.8. The van der Waals surface area contributed by atoms with Crippen LogP contribution >= 0.6 is 22.9 Å². The summed E-state index contributed by atoms with van der Waals surface area (Å²) in [4.78, 5) is 17.0. The largest absolute Gasteiger partial charge is 0.382 e. The molecule has 7 heteroatoms. The molecule has 102 valence electrons. The summed E-state index contributed by atoms with van der Waals surface area (Å²) >= 11 is 7.21. The third kappa shape index (κ3) is 3.22. The van der Waals surface area contributed by atoms with Gasteiger partial charge >= 0.3 is 0 Å². The first kappa shape index (κ1) is 14.2. The predicted molar refractivity (Wildman–Crippen MR) is 72.1 cm³/mol. The molecule has 1 aromatic carbocycles. The zero-order valence-corrected chi connectivity index (χ0v) is 11.6. The summed E-state index contributed by atoms with van der Waals surface area (Å²) in [6.45, 7) is 0.602. The van der Waals surface area contributed by atoms with E-state index in [0.717, 1.165) is 11.3 Å². The van der Waals surface area contributed by atoms with E-state index in [0.29, 0.717) is 26.6 Å². The van der Waals surface area contributed by atoms with Crippen LogP contribution in [0.25, 0.3) is 10.1 Å². The van der Waals surface area contributed by atoms with Crippen LogP contribution in [0.1, 0.15) is 9.67 Å². The normalized spacial score (nSPS) is 10.9. The minimum atomic E-state index is -0.456. The monoisotopic (exact) mass is 303 g/mol. The van der Waals surface area contributed by atoms with Crippen molar-refractivity contribution in [1.82, 2.24) is 5.48 Å². The van der Waals surface area contributed by atoms with Crippen LogP contribution in [0.2, 0.25) is 5.02 Å². The van der Waals surface area contributed by atoms with Crippen LogP contribution < -0.4 is 5.48 Å². The lowest BCUT2D eigenvalue weighted by Crippen LogP contribution is -2.24. The van der Waals surface area contributed by atoms with E-state index in [1.54, 1.807) is 6.07 Å². The fourth-order valence-corrected chi connectivity index (χ4v) is 2.90. The number of benzene rings is 1. The Labute approximate surface area is 118 Å². The van der Waals surface area contributed by atoms with Crippen molar-refractivity contribution in [3.8, 4) is 0 Å². The van der Waals surface area contributed by atoms with Crippen molar-refractivity contribution in [2.45, 2.75) is 0 Å². The molecule has 1 N–H and O–H groups in total. The number of thiophene rings is 1. The second kappa shape index (κ2) is 6.29. The number of rotatable bonds is 5. The molecule has 19 heavy (non-hydrogen) atoms. The maximum absolute atomic E-state index is 13.1. The van der Waals surface area contributed by atoms with E-state index >= 15 is 0 Å². The fraction of sp³-hybridized carbons (Fsp3) is 0.250. The molecule has 0 spiro atoms. The molecule has 1 heterocycles. The summed E-state index contributed by atoms with van der Waals surface area (Å²) < 4.78 is 18.5. The lowest BCUT2D eigenvalue weighted by Gasteiger charge is -2.03. The SMILES string of the molecule is COCCONC(=O)c1sc2cc(F)ccc2c1Cl. The van der Waals surface area contributed by atoms with Crippen LogP contribution in [-0.2, 0) is 9.57 Å².